The lowest BCUT2D eigenvalue weighted by Gasteiger charge is -2.22. The molecule has 0 bridgehead atoms. The molecule has 0 amide bonds. The maximum atomic E-state index is 11.7. The van der Waals surface area contributed by atoms with Crippen molar-refractivity contribution in [3.63, 3.8) is 0 Å². The van der Waals surface area contributed by atoms with Crippen LogP contribution in [0.5, 0.6) is 0 Å². The highest BCUT2D eigenvalue weighted by atomic mass is 16.7. The summed E-state index contributed by atoms with van der Waals surface area (Å²) in [6, 6.07) is 0. The molecule has 1 heterocycles. The van der Waals surface area contributed by atoms with Crippen molar-refractivity contribution in [2.75, 3.05) is 20.0 Å². The molecule has 1 saturated heterocycles. The Balaban J connectivity index is -0.0000000470. The van der Waals surface area contributed by atoms with E-state index in [1.54, 1.807) is 0 Å². The third-order valence-electron chi connectivity index (χ3n) is 6.10. The number of aliphatic hydroxyl groups excluding tert-OH is 2. The van der Waals surface area contributed by atoms with Gasteiger partial charge in [0.2, 0.25) is 6.79 Å². The van der Waals surface area contributed by atoms with E-state index in [0.717, 1.165) is 53.4 Å². The minimum Gasteiger partial charge on any atom is -0.449 e. The third-order valence-corrected chi connectivity index (χ3v) is 6.10. The molecule has 2 aliphatic rings. The van der Waals surface area contributed by atoms with E-state index in [4.69, 9.17) is 19.7 Å². The molecule has 0 aromatic rings. The number of aliphatic hydroxyl groups is 2. The zero-order valence-electron chi connectivity index (χ0n) is 28.2. The fourth-order valence-electron chi connectivity index (χ4n) is 3.34. The van der Waals surface area contributed by atoms with Gasteiger partial charge in [0.05, 0.1) is 0 Å². The summed E-state index contributed by atoms with van der Waals surface area (Å²) in [6.45, 7) is 4.77. The topological polar surface area (TPSA) is 268 Å². The number of rotatable bonds is 12. The van der Waals surface area contributed by atoms with E-state index in [1.165, 1.54) is 26.7 Å². The van der Waals surface area contributed by atoms with Gasteiger partial charge in [-0.25, -0.2) is 38.4 Å². The van der Waals surface area contributed by atoms with Crippen LogP contribution >= 0.6 is 0 Å². The van der Waals surface area contributed by atoms with E-state index in [9.17, 15) is 43.2 Å². The van der Waals surface area contributed by atoms with Gasteiger partial charge in [0.15, 0.2) is 36.6 Å². The summed E-state index contributed by atoms with van der Waals surface area (Å²) in [4.78, 5) is 101. The first kappa shape index (κ1) is 102. The molecule has 2 rings (SSSR count). The number of hydrogen-bond donors (Lipinski definition) is 2. The number of esters is 8. The van der Waals surface area contributed by atoms with Gasteiger partial charge in [-0.1, -0.05) is 117 Å². The minimum absolute atomic E-state index is 0. The Morgan fingerprint density at radius 2 is 0.730 bits per heavy atom. The van der Waals surface area contributed by atoms with Crippen molar-refractivity contribution in [2.45, 2.75) is 221 Å². The number of carbonyl (C=O) groups excluding carboxylic acids is 9. The van der Waals surface area contributed by atoms with Crippen LogP contribution in [0.1, 0.15) is 184 Å². The van der Waals surface area contributed by atoms with Gasteiger partial charge in [-0.2, -0.15) is 0 Å². The first-order chi connectivity index (χ1) is 22.9. The van der Waals surface area contributed by atoms with Gasteiger partial charge < -0.3 is 48.1 Å². The summed E-state index contributed by atoms with van der Waals surface area (Å²) in [7, 11) is 0. The molecule has 1 saturated carbocycles. The van der Waals surface area contributed by atoms with Gasteiger partial charge in [-0.05, 0) is 54.4 Å². The lowest BCUT2D eigenvalue weighted by atomic mass is 10.2. The van der Waals surface area contributed by atoms with Crippen molar-refractivity contribution in [3.05, 3.63) is 0 Å². The van der Waals surface area contributed by atoms with Crippen LogP contribution < -0.4 is 0 Å². The van der Waals surface area contributed by atoms with Crippen LogP contribution in [0.3, 0.4) is 0 Å². The highest BCUT2D eigenvalue weighted by Gasteiger charge is 2.32. The molecule has 63 heavy (non-hydrogen) atoms. The number of ketones is 1. The zero-order chi connectivity index (χ0) is 37.7. The molecule has 0 aromatic heterocycles. The quantitative estimate of drug-likeness (QED) is 0.0804. The molecular formula is C44H100O19. The molecule has 0 radical (unpaired) electrons. The Bertz CT molecular complexity index is 1090. The summed E-state index contributed by atoms with van der Waals surface area (Å²) in [5.41, 5.74) is 0. The SMILES string of the molecule is C.C.C.C.C.C.C.C.C.C.C.C.C.C.CC(OC(=O)CO)C(=O)OC(C)C(=O)OCOC(=O)C(C)OC(=O)C(C)OC(=O)CO.CC1OC(=O)C(C)OC1=O.O=C1CCCCCC1. The van der Waals surface area contributed by atoms with E-state index in [-0.39, 0.29) is 104 Å². The first-order valence-electron chi connectivity index (χ1n) is 15.2. The van der Waals surface area contributed by atoms with Crippen molar-refractivity contribution in [1.29, 1.82) is 0 Å². The fourth-order valence-corrected chi connectivity index (χ4v) is 3.34. The molecule has 1 aliphatic heterocycles. The Morgan fingerprint density at radius 1 is 0.476 bits per heavy atom. The number of carbonyl (C=O) groups is 9. The molecule has 390 valence electrons. The Kier molecular flexibility index (Phi) is 89.8. The van der Waals surface area contributed by atoms with E-state index in [1.807, 2.05) is 0 Å². The summed E-state index contributed by atoms with van der Waals surface area (Å²) in [5, 5.41) is 17.1. The van der Waals surface area contributed by atoms with Crippen LogP contribution in [0.4, 0.5) is 0 Å². The predicted octanol–water partition coefficient (Wildman–Crippen LogP) is 8.42. The normalized spacial score (nSPS) is 15.1. The smallest absolute Gasteiger partial charge is 0.350 e. The Morgan fingerprint density at radius 3 is 0.984 bits per heavy atom. The first-order valence-corrected chi connectivity index (χ1v) is 15.2. The van der Waals surface area contributed by atoms with Crippen molar-refractivity contribution in [2.24, 2.45) is 0 Å². The molecule has 2 N–H and O–H groups in total. The van der Waals surface area contributed by atoms with Crippen LogP contribution in [0.25, 0.3) is 0 Å². The highest BCUT2D eigenvalue weighted by molar-refractivity contribution is 5.87. The summed E-state index contributed by atoms with van der Waals surface area (Å²) in [6.07, 6.45) is -0.649. The van der Waals surface area contributed by atoms with E-state index in [0.29, 0.717) is 5.78 Å². The van der Waals surface area contributed by atoms with Crippen LogP contribution in [-0.2, 0) is 81.0 Å². The van der Waals surface area contributed by atoms with Gasteiger partial charge in [-0.3, -0.25) is 4.79 Å². The second-order valence-electron chi connectivity index (χ2n) is 10.4. The Labute approximate surface area is 384 Å². The molecular weight excluding hydrogens is 832 g/mol. The number of ether oxygens (including phenoxy) is 8. The monoisotopic (exact) mass is 933 g/mol. The maximum absolute atomic E-state index is 11.7. The summed E-state index contributed by atoms with van der Waals surface area (Å²) < 4.78 is 36.7. The second kappa shape index (κ2) is 55.4. The molecule has 19 nitrogen and oxygen atoms in total. The number of hydrogen-bond acceptors (Lipinski definition) is 19. The summed E-state index contributed by atoms with van der Waals surface area (Å²) >= 11 is 0. The fraction of sp³-hybridized carbons (Fsp3) is 0.795. The largest absolute Gasteiger partial charge is 0.449 e. The van der Waals surface area contributed by atoms with Crippen molar-refractivity contribution in [3.8, 4) is 0 Å². The van der Waals surface area contributed by atoms with Crippen LogP contribution in [0, 0.1) is 0 Å². The molecule has 1 aliphatic carbocycles. The summed E-state index contributed by atoms with van der Waals surface area (Å²) in [5.74, 6) is -6.99. The average Bonchev–Trinajstić information content (AvgIpc) is 3.30. The van der Waals surface area contributed by atoms with E-state index in [2.05, 4.69) is 28.4 Å². The molecule has 0 aromatic carbocycles. The molecule has 6 unspecified atom stereocenters. The van der Waals surface area contributed by atoms with E-state index < -0.39 is 104 Å². The molecule has 6 atom stereocenters. The van der Waals surface area contributed by atoms with Gasteiger partial charge >= 0.3 is 47.8 Å². The highest BCUT2D eigenvalue weighted by Crippen LogP contribution is 2.13. The predicted molar refractivity (Wildman–Crippen MR) is 251 cm³/mol. The standard InChI is InChI=1S/C17H24O14.C7H12O.C6H8O4.14CH4/c1-8(30-16(24)10(3)28-12(20)5-18)14(22)26-7-27-15(23)9(2)31-17(25)11(4)29-13(21)6-19;8-7-5-3-1-2-4-6-7;1-3-5(7)10-4(2)6(8)9-3;;;;;;;;;;;;;;/h8-11,18-19H,5-7H2,1-4H3;1-6H2;3-4H,1-2H3;14*1H4. The van der Waals surface area contributed by atoms with Crippen molar-refractivity contribution in [1.82, 2.24) is 0 Å². The molecule has 0 spiro atoms. The maximum Gasteiger partial charge on any atom is 0.350 e. The molecule has 2 fully saturated rings. The van der Waals surface area contributed by atoms with Gasteiger partial charge in [0.1, 0.15) is 19.0 Å². The lowest BCUT2D eigenvalue weighted by Crippen LogP contribution is -2.40. The third kappa shape index (κ3) is 45.2. The van der Waals surface area contributed by atoms with Crippen molar-refractivity contribution < 1.29 is 91.3 Å². The molecule has 19 heteroatoms. The van der Waals surface area contributed by atoms with Crippen molar-refractivity contribution >= 4 is 53.5 Å². The van der Waals surface area contributed by atoms with Crippen LogP contribution in [0.15, 0.2) is 0 Å². The average molecular weight is 933 g/mol. The minimum atomic E-state index is -1.45. The Hall–Kier alpha value is -4.65. The lowest BCUT2D eigenvalue weighted by molar-refractivity contribution is -0.191. The zero-order valence-corrected chi connectivity index (χ0v) is 28.2. The van der Waals surface area contributed by atoms with E-state index >= 15 is 0 Å². The van der Waals surface area contributed by atoms with Crippen LogP contribution in [0.2, 0.25) is 0 Å². The van der Waals surface area contributed by atoms with Gasteiger partial charge in [0.25, 0.3) is 0 Å². The number of Topliss-reactive ketones (excluding diaryl/α,β-unsaturated/α-hetero) is 1. The van der Waals surface area contributed by atoms with Gasteiger partial charge in [-0.15, -0.1) is 0 Å². The van der Waals surface area contributed by atoms with Gasteiger partial charge in [0, 0.05) is 12.8 Å². The number of cyclic esters (lactones) is 2. The second-order valence-corrected chi connectivity index (χ2v) is 10.4. The van der Waals surface area contributed by atoms with Crippen LogP contribution in [-0.4, -0.2) is 120 Å².